The predicted octanol–water partition coefficient (Wildman–Crippen LogP) is 9.17. The smallest absolute Gasteiger partial charge is 0.184 e. The van der Waals surface area contributed by atoms with E-state index in [0.717, 1.165) is 17.7 Å². The molecule has 194 valence electrons. The lowest BCUT2D eigenvalue weighted by Gasteiger charge is -2.08. The number of hydrazone groups is 1. The monoisotopic (exact) mass is 563 g/mol. The van der Waals surface area contributed by atoms with E-state index in [4.69, 9.17) is 18.0 Å². The van der Waals surface area contributed by atoms with Crippen molar-refractivity contribution in [3.63, 3.8) is 0 Å². The standard InChI is InChI=1S/C33H29N3S3/c1-20-31(28-12-7-13-29(28)32-18-25(39-21(32)2)19-35-36-33(34)37)17-24(38-20)14-15-30-26-10-5-3-8-22(26)16-23-9-4-6-11-27(23)30/h3-6,8-11,14-19H,7,12-13H2,1-2H3,(H3,34,36,37)/b15-14+,35-19+. The fraction of sp³-hybridized carbons (Fsp3) is 0.152. The Bertz CT molecular complexity index is 1760. The second kappa shape index (κ2) is 10.9. The Hall–Kier alpha value is -3.58. The average molecular weight is 564 g/mol. The van der Waals surface area contributed by atoms with Crippen molar-refractivity contribution in [3.05, 3.63) is 103 Å². The third-order valence-corrected chi connectivity index (χ3v) is 9.43. The summed E-state index contributed by atoms with van der Waals surface area (Å²) in [6, 6.07) is 24.3. The minimum Gasteiger partial charge on any atom is -0.375 e. The van der Waals surface area contributed by atoms with Gasteiger partial charge in [0.05, 0.1) is 6.21 Å². The molecule has 0 bridgehead atoms. The molecule has 3 N–H and O–H groups in total. The van der Waals surface area contributed by atoms with Gasteiger partial charge in [0.15, 0.2) is 5.11 Å². The average Bonchev–Trinajstić information content (AvgIpc) is 3.64. The Labute approximate surface area is 242 Å². The van der Waals surface area contributed by atoms with Gasteiger partial charge < -0.3 is 5.73 Å². The molecular weight excluding hydrogens is 535 g/mol. The summed E-state index contributed by atoms with van der Waals surface area (Å²) in [6.07, 6.45) is 9.81. The first-order valence-corrected chi connectivity index (χ1v) is 15.1. The van der Waals surface area contributed by atoms with E-state index in [2.05, 4.69) is 103 Å². The van der Waals surface area contributed by atoms with Gasteiger partial charge in [0.2, 0.25) is 0 Å². The molecule has 0 unspecified atom stereocenters. The minimum absolute atomic E-state index is 0.173. The molecule has 2 aromatic heterocycles. The maximum absolute atomic E-state index is 5.49. The van der Waals surface area contributed by atoms with Crippen LogP contribution in [-0.2, 0) is 0 Å². The van der Waals surface area contributed by atoms with Gasteiger partial charge in [-0.05, 0) is 119 Å². The first-order valence-electron chi connectivity index (χ1n) is 13.1. The van der Waals surface area contributed by atoms with Gasteiger partial charge in [-0.15, -0.1) is 22.7 Å². The van der Waals surface area contributed by atoms with Gasteiger partial charge >= 0.3 is 0 Å². The lowest BCUT2D eigenvalue weighted by Crippen LogP contribution is -2.23. The molecule has 0 fully saturated rings. The fourth-order valence-electron chi connectivity index (χ4n) is 5.65. The first-order chi connectivity index (χ1) is 19.0. The second-order valence-electron chi connectivity index (χ2n) is 9.85. The van der Waals surface area contributed by atoms with Crippen molar-refractivity contribution in [2.24, 2.45) is 10.8 Å². The number of hydrogen-bond donors (Lipinski definition) is 2. The van der Waals surface area contributed by atoms with Crippen LogP contribution in [0.5, 0.6) is 0 Å². The number of nitrogens with two attached hydrogens (primary N) is 1. The molecule has 0 atom stereocenters. The van der Waals surface area contributed by atoms with Crippen LogP contribution in [0.4, 0.5) is 0 Å². The highest BCUT2D eigenvalue weighted by Gasteiger charge is 2.22. The quantitative estimate of drug-likeness (QED) is 0.0937. The normalized spacial score (nSPS) is 14.0. The molecular formula is C33H29N3S3. The number of hydrogen-bond acceptors (Lipinski definition) is 4. The molecule has 3 nitrogen and oxygen atoms in total. The van der Waals surface area contributed by atoms with Gasteiger partial charge in [0, 0.05) is 19.5 Å². The van der Waals surface area contributed by atoms with Crippen LogP contribution in [-0.4, -0.2) is 11.3 Å². The maximum atomic E-state index is 5.49. The van der Waals surface area contributed by atoms with E-state index in [1.54, 1.807) is 17.6 Å². The van der Waals surface area contributed by atoms with E-state index >= 15 is 0 Å². The van der Waals surface area contributed by atoms with Crippen molar-refractivity contribution in [2.75, 3.05) is 0 Å². The van der Waals surface area contributed by atoms with Gasteiger partial charge in [-0.2, -0.15) is 5.10 Å². The lowest BCUT2D eigenvalue weighted by atomic mass is 9.96. The van der Waals surface area contributed by atoms with Crippen LogP contribution < -0.4 is 11.2 Å². The molecule has 6 heteroatoms. The predicted molar refractivity (Wildman–Crippen MR) is 177 cm³/mol. The molecule has 1 aliphatic carbocycles. The third kappa shape index (κ3) is 5.20. The summed E-state index contributed by atoms with van der Waals surface area (Å²) in [6.45, 7) is 4.46. The number of benzene rings is 3. The molecule has 39 heavy (non-hydrogen) atoms. The Morgan fingerprint density at radius 3 is 2.00 bits per heavy atom. The SMILES string of the molecule is Cc1sc(/C=C/c2c3ccccc3cc3ccccc23)cc1C1=C(c2cc(/C=N/NC(N)=S)sc2C)CCC1. The molecule has 1 aliphatic rings. The van der Waals surface area contributed by atoms with Gasteiger partial charge in [0.25, 0.3) is 0 Å². The lowest BCUT2D eigenvalue weighted by molar-refractivity contribution is 0.941. The summed E-state index contributed by atoms with van der Waals surface area (Å²) >= 11 is 8.48. The van der Waals surface area contributed by atoms with E-state index < -0.39 is 0 Å². The number of nitrogens with one attached hydrogen (secondary N) is 1. The zero-order chi connectivity index (χ0) is 26.9. The molecule has 3 aromatic carbocycles. The highest BCUT2D eigenvalue weighted by atomic mass is 32.1. The number of thiocarbonyl (C=S) groups is 1. The van der Waals surface area contributed by atoms with Crippen molar-refractivity contribution >= 4 is 91.1 Å². The molecule has 6 rings (SSSR count). The Balaban J connectivity index is 1.36. The number of thiophene rings is 2. The van der Waals surface area contributed by atoms with Gasteiger partial charge in [0.1, 0.15) is 0 Å². The molecule has 0 spiro atoms. The highest BCUT2D eigenvalue weighted by molar-refractivity contribution is 7.80. The number of rotatable bonds is 6. The van der Waals surface area contributed by atoms with Gasteiger partial charge in [-0.3, -0.25) is 5.43 Å². The summed E-state index contributed by atoms with van der Waals surface area (Å²) in [4.78, 5) is 5.08. The van der Waals surface area contributed by atoms with E-state index in [1.165, 1.54) is 70.4 Å². The molecule has 2 heterocycles. The Kier molecular flexibility index (Phi) is 7.17. The Morgan fingerprint density at radius 1 is 0.821 bits per heavy atom. The minimum atomic E-state index is 0.173. The fourth-order valence-corrected chi connectivity index (χ4v) is 7.59. The highest BCUT2D eigenvalue weighted by Crippen LogP contribution is 2.45. The summed E-state index contributed by atoms with van der Waals surface area (Å²) in [7, 11) is 0. The van der Waals surface area contributed by atoms with Crippen LogP contribution in [0.15, 0.2) is 71.8 Å². The first kappa shape index (κ1) is 25.7. The van der Waals surface area contributed by atoms with Crippen LogP contribution >= 0.6 is 34.9 Å². The largest absolute Gasteiger partial charge is 0.375 e. The molecule has 0 aliphatic heterocycles. The Morgan fingerprint density at radius 2 is 1.38 bits per heavy atom. The van der Waals surface area contributed by atoms with Crippen LogP contribution in [0.1, 0.15) is 55.5 Å². The molecule has 0 radical (unpaired) electrons. The summed E-state index contributed by atoms with van der Waals surface area (Å²) in [5, 5.41) is 9.45. The van der Waals surface area contributed by atoms with Gasteiger partial charge in [-0.1, -0.05) is 54.6 Å². The second-order valence-corrected chi connectivity index (χ2v) is 12.9. The van der Waals surface area contributed by atoms with E-state index in [0.29, 0.717) is 0 Å². The van der Waals surface area contributed by atoms with Crippen molar-refractivity contribution in [1.29, 1.82) is 0 Å². The van der Waals surface area contributed by atoms with E-state index in [1.807, 2.05) is 11.3 Å². The number of allylic oxidation sites excluding steroid dienone is 2. The van der Waals surface area contributed by atoms with Crippen molar-refractivity contribution in [3.8, 4) is 0 Å². The van der Waals surface area contributed by atoms with Gasteiger partial charge in [-0.25, -0.2) is 0 Å². The number of fused-ring (bicyclic) bond motifs is 2. The number of aryl methyl sites for hydroxylation is 2. The zero-order valence-corrected chi connectivity index (χ0v) is 24.4. The topological polar surface area (TPSA) is 50.4 Å². The van der Waals surface area contributed by atoms with Crippen LogP contribution in [0.3, 0.4) is 0 Å². The van der Waals surface area contributed by atoms with Crippen LogP contribution in [0.2, 0.25) is 0 Å². The summed E-state index contributed by atoms with van der Waals surface area (Å²) in [5.74, 6) is 0. The summed E-state index contributed by atoms with van der Waals surface area (Å²) < 4.78 is 0. The zero-order valence-electron chi connectivity index (χ0n) is 22.0. The van der Waals surface area contributed by atoms with E-state index in [-0.39, 0.29) is 5.11 Å². The molecule has 0 saturated carbocycles. The van der Waals surface area contributed by atoms with Crippen molar-refractivity contribution in [1.82, 2.24) is 5.43 Å². The van der Waals surface area contributed by atoms with Crippen molar-refractivity contribution < 1.29 is 0 Å². The summed E-state index contributed by atoms with van der Waals surface area (Å²) in [5.41, 5.74) is 15.1. The van der Waals surface area contributed by atoms with Crippen molar-refractivity contribution in [2.45, 2.75) is 33.1 Å². The van der Waals surface area contributed by atoms with Crippen LogP contribution in [0.25, 0.3) is 44.8 Å². The molecule has 5 aromatic rings. The van der Waals surface area contributed by atoms with Crippen LogP contribution in [0, 0.1) is 13.8 Å². The van der Waals surface area contributed by atoms with E-state index in [9.17, 15) is 0 Å². The maximum Gasteiger partial charge on any atom is 0.184 e. The molecule has 0 saturated heterocycles. The molecule has 0 amide bonds. The number of nitrogens with zero attached hydrogens (tertiary/aromatic N) is 1. The third-order valence-electron chi connectivity index (χ3n) is 7.34.